The molecule has 0 aliphatic rings. The van der Waals surface area contributed by atoms with Crippen LogP contribution in [0.15, 0.2) is 18.2 Å². The van der Waals surface area contributed by atoms with Crippen LogP contribution >= 0.6 is 0 Å². The number of benzene rings is 1. The quantitative estimate of drug-likeness (QED) is 0.631. The molecule has 0 aliphatic heterocycles. The van der Waals surface area contributed by atoms with Crippen molar-refractivity contribution in [3.05, 3.63) is 24.0 Å². The molecule has 1 rings (SSSR count). The largest absolute Gasteiger partial charge is 0.491 e. The Kier molecular flexibility index (Phi) is 3.39. The molecule has 0 saturated heterocycles. The van der Waals surface area contributed by atoms with Gasteiger partial charge in [-0.2, -0.15) is 13.2 Å². The van der Waals surface area contributed by atoms with Crippen LogP contribution in [0, 0.1) is 5.82 Å². The molecular weight excluding hydrogens is 214 g/mol. The first kappa shape index (κ1) is 11.6. The minimum atomic E-state index is -4.29. The average Bonchev–Trinajstić information content (AvgIpc) is 2.10. The molecule has 1 aromatic carbocycles. The van der Waals surface area contributed by atoms with E-state index in [4.69, 9.17) is 10.5 Å². The lowest BCUT2D eigenvalue weighted by atomic mass is 10.3. The highest BCUT2D eigenvalue weighted by Gasteiger charge is 2.27. The summed E-state index contributed by atoms with van der Waals surface area (Å²) in [5.41, 5.74) is 4.97. The van der Waals surface area contributed by atoms with Crippen molar-refractivity contribution >= 4 is 5.69 Å². The van der Waals surface area contributed by atoms with E-state index in [0.717, 1.165) is 6.07 Å². The summed E-state index contributed by atoms with van der Waals surface area (Å²) in [6.07, 6.45) is -5.38. The van der Waals surface area contributed by atoms with Gasteiger partial charge < -0.3 is 10.5 Å². The van der Waals surface area contributed by atoms with E-state index in [9.17, 15) is 17.6 Å². The van der Waals surface area contributed by atoms with Gasteiger partial charge in [0.15, 0.2) is 0 Å². The second-order valence-corrected chi connectivity index (χ2v) is 2.87. The topological polar surface area (TPSA) is 35.2 Å². The van der Waals surface area contributed by atoms with Gasteiger partial charge in [0.1, 0.15) is 17.3 Å². The van der Waals surface area contributed by atoms with Crippen molar-refractivity contribution < 1.29 is 22.3 Å². The van der Waals surface area contributed by atoms with Crippen LogP contribution in [0.5, 0.6) is 5.75 Å². The zero-order valence-corrected chi connectivity index (χ0v) is 7.64. The van der Waals surface area contributed by atoms with Crippen LogP contribution in [-0.4, -0.2) is 12.8 Å². The van der Waals surface area contributed by atoms with Crippen molar-refractivity contribution in [1.82, 2.24) is 0 Å². The molecule has 0 aliphatic carbocycles. The Morgan fingerprint density at radius 1 is 1.27 bits per heavy atom. The summed E-state index contributed by atoms with van der Waals surface area (Å²) in [7, 11) is 0. The van der Waals surface area contributed by atoms with Gasteiger partial charge in [0.05, 0.1) is 13.0 Å². The fraction of sp³-hybridized carbons (Fsp3) is 0.333. The molecule has 0 aromatic heterocycles. The molecular formula is C9H9F4NO. The van der Waals surface area contributed by atoms with E-state index in [1.807, 2.05) is 0 Å². The van der Waals surface area contributed by atoms with Crippen molar-refractivity contribution in [1.29, 1.82) is 0 Å². The van der Waals surface area contributed by atoms with Crippen molar-refractivity contribution in [2.75, 3.05) is 12.3 Å². The van der Waals surface area contributed by atoms with Gasteiger partial charge in [-0.05, 0) is 12.1 Å². The van der Waals surface area contributed by atoms with Crippen LogP contribution in [-0.2, 0) is 0 Å². The molecule has 0 spiro atoms. The summed E-state index contributed by atoms with van der Waals surface area (Å²) < 4.78 is 52.8. The van der Waals surface area contributed by atoms with Gasteiger partial charge in [-0.1, -0.05) is 6.07 Å². The molecule has 84 valence electrons. The molecule has 0 unspecified atom stereocenters. The fourth-order valence-corrected chi connectivity index (χ4v) is 0.920. The highest BCUT2D eigenvalue weighted by Crippen LogP contribution is 2.25. The number of hydrogen-bond donors (Lipinski definition) is 1. The maximum absolute atomic E-state index is 12.8. The summed E-state index contributed by atoms with van der Waals surface area (Å²) in [5.74, 6) is -0.779. The number of rotatable bonds is 3. The number of hydrogen-bond acceptors (Lipinski definition) is 2. The molecule has 0 amide bonds. The van der Waals surface area contributed by atoms with E-state index in [2.05, 4.69) is 0 Å². The summed E-state index contributed by atoms with van der Waals surface area (Å²) >= 11 is 0. The maximum atomic E-state index is 12.8. The Hall–Kier alpha value is -1.46. The zero-order valence-electron chi connectivity index (χ0n) is 7.64. The second-order valence-electron chi connectivity index (χ2n) is 2.87. The number of alkyl halides is 3. The molecule has 0 heterocycles. The van der Waals surface area contributed by atoms with Gasteiger partial charge in [-0.3, -0.25) is 0 Å². The number of para-hydroxylation sites is 1. The SMILES string of the molecule is Nc1c(F)cccc1OCCC(F)(F)F. The van der Waals surface area contributed by atoms with E-state index >= 15 is 0 Å². The summed E-state index contributed by atoms with van der Waals surface area (Å²) in [5, 5.41) is 0. The van der Waals surface area contributed by atoms with Crippen LogP contribution in [0.25, 0.3) is 0 Å². The van der Waals surface area contributed by atoms with E-state index < -0.39 is 25.0 Å². The number of ether oxygens (including phenoxy) is 1. The molecule has 0 saturated carbocycles. The first-order valence-corrected chi connectivity index (χ1v) is 4.13. The fourth-order valence-electron chi connectivity index (χ4n) is 0.920. The monoisotopic (exact) mass is 223 g/mol. The normalized spacial score (nSPS) is 11.5. The molecule has 2 nitrogen and oxygen atoms in total. The Bertz CT molecular complexity index is 337. The van der Waals surface area contributed by atoms with Gasteiger partial charge in [-0.25, -0.2) is 4.39 Å². The molecule has 15 heavy (non-hydrogen) atoms. The van der Waals surface area contributed by atoms with Crippen LogP contribution in [0.4, 0.5) is 23.2 Å². The predicted octanol–water partition coefficient (Wildman–Crippen LogP) is 2.74. The van der Waals surface area contributed by atoms with Crippen molar-refractivity contribution in [3.8, 4) is 5.75 Å². The molecule has 0 fully saturated rings. The zero-order chi connectivity index (χ0) is 11.5. The maximum Gasteiger partial charge on any atom is 0.392 e. The van der Waals surface area contributed by atoms with E-state index in [0.29, 0.717) is 0 Å². The first-order chi connectivity index (χ1) is 6.90. The number of anilines is 1. The molecule has 6 heteroatoms. The Morgan fingerprint density at radius 3 is 2.53 bits per heavy atom. The minimum Gasteiger partial charge on any atom is -0.491 e. The lowest BCUT2D eigenvalue weighted by molar-refractivity contribution is -0.139. The third kappa shape index (κ3) is 3.65. The molecule has 0 radical (unpaired) electrons. The van der Waals surface area contributed by atoms with Gasteiger partial charge in [-0.15, -0.1) is 0 Å². The van der Waals surface area contributed by atoms with Crippen LogP contribution < -0.4 is 10.5 Å². The number of nitrogen functional groups attached to an aromatic ring is 1. The standard InChI is InChI=1S/C9H9F4NO/c10-6-2-1-3-7(8(6)14)15-5-4-9(11,12)13/h1-3H,4-5,14H2. The van der Waals surface area contributed by atoms with Crippen molar-refractivity contribution in [2.45, 2.75) is 12.6 Å². The van der Waals surface area contributed by atoms with Gasteiger partial charge >= 0.3 is 6.18 Å². The first-order valence-electron chi connectivity index (χ1n) is 4.13. The third-order valence-corrected chi connectivity index (χ3v) is 1.66. The highest BCUT2D eigenvalue weighted by atomic mass is 19.4. The Labute approximate surface area is 83.6 Å². The molecule has 1 aromatic rings. The van der Waals surface area contributed by atoms with Crippen LogP contribution in [0.3, 0.4) is 0 Å². The van der Waals surface area contributed by atoms with E-state index in [1.165, 1.54) is 12.1 Å². The van der Waals surface area contributed by atoms with Crippen LogP contribution in [0.2, 0.25) is 0 Å². The van der Waals surface area contributed by atoms with E-state index in [1.54, 1.807) is 0 Å². The van der Waals surface area contributed by atoms with Gasteiger partial charge in [0.25, 0.3) is 0 Å². The summed E-state index contributed by atoms with van der Waals surface area (Å²) in [4.78, 5) is 0. The molecule has 0 atom stereocenters. The minimum absolute atomic E-state index is 0.0701. The summed E-state index contributed by atoms with van der Waals surface area (Å²) in [6, 6.07) is 3.73. The number of nitrogens with two attached hydrogens (primary N) is 1. The lowest BCUT2D eigenvalue weighted by Crippen LogP contribution is -2.13. The number of halogens is 4. The lowest BCUT2D eigenvalue weighted by Gasteiger charge is -2.10. The summed E-state index contributed by atoms with van der Waals surface area (Å²) in [6.45, 7) is -0.572. The molecule has 2 N–H and O–H groups in total. The Balaban J connectivity index is 2.55. The van der Waals surface area contributed by atoms with E-state index in [-0.39, 0.29) is 11.4 Å². The van der Waals surface area contributed by atoms with Gasteiger partial charge in [0, 0.05) is 0 Å². The molecule has 0 bridgehead atoms. The third-order valence-electron chi connectivity index (χ3n) is 1.66. The Morgan fingerprint density at radius 2 is 1.93 bits per heavy atom. The predicted molar refractivity (Wildman–Crippen MR) is 47.0 cm³/mol. The van der Waals surface area contributed by atoms with Gasteiger partial charge in [0.2, 0.25) is 0 Å². The van der Waals surface area contributed by atoms with Crippen LogP contribution in [0.1, 0.15) is 6.42 Å². The van der Waals surface area contributed by atoms with Crippen molar-refractivity contribution in [2.24, 2.45) is 0 Å². The second kappa shape index (κ2) is 4.37. The smallest absolute Gasteiger partial charge is 0.392 e. The average molecular weight is 223 g/mol. The highest BCUT2D eigenvalue weighted by molar-refractivity contribution is 5.53. The van der Waals surface area contributed by atoms with Crippen molar-refractivity contribution in [3.63, 3.8) is 0 Å².